The fourth-order valence-electron chi connectivity index (χ4n) is 1.68. The molecular formula is C13H15N3OS. The number of aryl methyl sites for hydroxylation is 2. The minimum absolute atomic E-state index is 0.401. The first kappa shape index (κ1) is 12.6. The van der Waals surface area contributed by atoms with Crippen LogP contribution >= 0.6 is 12.2 Å². The lowest BCUT2D eigenvalue weighted by atomic mass is 10.1. The number of aromatic nitrogens is 2. The molecule has 0 aliphatic carbocycles. The molecule has 1 heterocycles. The lowest BCUT2D eigenvalue weighted by Gasteiger charge is -2.07. The summed E-state index contributed by atoms with van der Waals surface area (Å²) in [7, 11) is 0. The molecule has 0 fully saturated rings. The van der Waals surface area contributed by atoms with Crippen molar-refractivity contribution in [2.75, 3.05) is 0 Å². The number of thiocarbonyl (C=S) groups is 1. The maximum Gasteiger partial charge on any atom is 0.165 e. The van der Waals surface area contributed by atoms with Gasteiger partial charge in [-0.2, -0.15) is 5.10 Å². The molecule has 0 saturated carbocycles. The predicted octanol–water partition coefficient (Wildman–Crippen LogP) is 2.64. The Labute approximate surface area is 111 Å². The summed E-state index contributed by atoms with van der Waals surface area (Å²) in [5.74, 6) is 1.47. The Hall–Kier alpha value is -1.88. The van der Waals surface area contributed by atoms with Gasteiger partial charge in [0.25, 0.3) is 0 Å². The maximum atomic E-state index is 5.71. The van der Waals surface area contributed by atoms with E-state index < -0.39 is 0 Å². The Morgan fingerprint density at radius 2 is 2.22 bits per heavy atom. The fraction of sp³-hybridized carbons (Fsp3) is 0.231. The lowest BCUT2D eigenvalue weighted by Crippen LogP contribution is -2.10. The third-order valence-corrected chi connectivity index (χ3v) is 2.85. The average molecular weight is 261 g/mol. The van der Waals surface area contributed by atoms with Crippen molar-refractivity contribution in [3.63, 3.8) is 0 Å². The van der Waals surface area contributed by atoms with Gasteiger partial charge < -0.3 is 10.5 Å². The van der Waals surface area contributed by atoms with E-state index in [0.29, 0.717) is 4.99 Å². The van der Waals surface area contributed by atoms with Crippen molar-refractivity contribution < 1.29 is 4.74 Å². The summed E-state index contributed by atoms with van der Waals surface area (Å²) in [5, 5.41) is 4.15. The summed E-state index contributed by atoms with van der Waals surface area (Å²) in [4.78, 5) is 0.401. The van der Waals surface area contributed by atoms with Crippen molar-refractivity contribution >= 4 is 17.2 Å². The van der Waals surface area contributed by atoms with Crippen molar-refractivity contribution in [2.24, 2.45) is 5.73 Å². The molecule has 2 aromatic rings. The van der Waals surface area contributed by atoms with E-state index in [1.165, 1.54) is 0 Å². The van der Waals surface area contributed by atoms with Gasteiger partial charge in [-0.3, -0.25) is 4.68 Å². The number of benzene rings is 1. The number of hydrogen-bond donors (Lipinski definition) is 1. The van der Waals surface area contributed by atoms with E-state index in [4.69, 9.17) is 22.7 Å². The van der Waals surface area contributed by atoms with Crippen molar-refractivity contribution in [2.45, 2.75) is 20.4 Å². The molecule has 0 radical (unpaired) electrons. The molecule has 4 nitrogen and oxygen atoms in total. The third-order valence-electron chi connectivity index (χ3n) is 2.63. The van der Waals surface area contributed by atoms with Crippen molar-refractivity contribution in [1.29, 1.82) is 0 Å². The molecule has 1 aromatic heterocycles. The van der Waals surface area contributed by atoms with Gasteiger partial charge in [0, 0.05) is 12.1 Å². The first-order valence-electron chi connectivity index (χ1n) is 5.71. The van der Waals surface area contributed by atoms with E-state index in [1.54, 1.807) is 6.20 Å². The Morgan fingerprint density at radius 1 is 1.44 bits per heavy atom. The SMILES string of the molecule is CCn1cc(Oc2ccc(C(N)=S)c(C)c2)cn1. The first-order valence-corrected chi connectivity index (χ1v) is 6.11. The summed E-state index contributed by atoms with van der Waals surface area (Å²) >= 11 is 4.97. The van der Waals surface area contributed by atoms with Gasteiger partial charge in [0.05, 0.1) is 12.4 Å². The van der Waals surface area contributed by atoms with Crippen LogP contribution in [-0.2, 0) is 6.54 Å². The number of ether oxygens (including phenoxy) is 1. The van der Waals surface area contributed by atoms with E-state index in [0.717, 1.165) is 29.2 Å². The van der Waals surface area contributed by atoms with E-state index in [-0.39, 0.29) is 0 Å². The van der Waals surface area contributed by atoms with Gasteiger partial charge in [0.2, 0.25) is 0 Å². The third kappa shape index (κ3) is 2.68. The second-order valence-electron chi connectivity index (χ2n) is 3.97. The van der Waals surface area contributed by atoms with Gasteiger partial charge in [-0.1, -0.05) is 12.2 Å². The first-order chi connectivity index (χ1) is 8.60. The van der Waals surface area contributed by atoms with Crippen LogP contribution in [0.5, 0.6) is 11.5 Å². The molecule has 2 rings (SSSR count). The Morgan fingerprint density at radius 3 is 2.78 bits per heavy atom. The number of nitrogens with two attached hydrogens (primary N) is 1. The predicted molar refractivity (Wildman–Crippen MR) is 75.0 cm³/mol. The highest BCUT2D eigenvalue weighted by atomic mass is 32.1. The van der Waals surface area contributed by atoms with Crippen LogP contribution in [0.15, 0.2) is 30.6 Å². The largest absolute Gasteiger partial charge is 0.454 e. The van der Waals surface area contributed by atoms with E-state index in [1.807, 2.05) is 42.9 Å². The second-order valence-corrected chi connectivity index (χ2v) is 4.41. The van der Waals surface area contributed by atoms with Crippen LogP contribution in [0.1, 0.15) is 18.1 Å². The van der Waals surface area contributed by atoms with Crippen molar-refractivity contribution in [3.05, 3.63) is 41.7 Å². The smallest absolute Gasteiger partial charge is 0.165 e. The summed E-state index contributed by atoms with van der Waals surface area (Å²) in [5.41, 5.74) is 7.50. The van der Waals surface area contributed by atoms with Crippen LogP contribution in [0.3, 0.4) is 0 Å². The topological polar surface area (TPSA) is 53.1 Å². The van der Waals surface area contributed by atoms with Crippen molar-refractivity contribution in [3.8, 4) is 11.5 Å². The quantitative estimate of drug-likeness (QED) is 0.860. The van der Waals surface area contributed by atoms with Crippen LogP contribution in [0, 0.1) is 6.92 Å². The zero-order chi connectivity index (χ0) is 13.1. The molecule has 2 N–H and O–H groups in total. The molecule has 0 atom stereocenters. The number of nitrogens with zero attached hydrogens (tertiary/aromatic N) is 2. The van der Waals surface area contributed by atoms with Gasteiger partial charge in [-0.15, -0.1) is 0 Å². The van der Waals surface area contributed by atoms with Gasteiger partial charge >= 0.3 is 0 Å². The molecule has 94 valence electrons. The molecule has 5 heteroatoms. The Balaban J connectivity index is 2.19. The molecular weight excluding hydrogens is 246 g/mol. The summed E-state index contributed by atoms with van der Waals surface area (Å²) in [6.45, 7) is 4.80. The minimum atomic E-state index is 0.401. The fourth-order valence-corrected chi connectivity index (χ4v) is 1.91. The molecule has 0 bridgehead atoms. The molecule has 0 spiro atoms. The summed E-state index contributed by atoms with van der Waals surface area (Å²) < 4.78 is 7.52. The molecule has 1 aromatic carbocycles. The highest BCUT2D eigenvalue weighted by Crippen LogP contribution is 2.23. The molecule has 0 amide bonds. The average Bonchev–Trinajstić information content (AvgIpc) is 2.76. The van der Waals surface area contributed by atoms with E-state index in [2.05, 4.69) is 5.10 Å². The van der Waals surface area contributed by atoms with E-state index >= 15 is 0 Å². The zero-order valence-electron chi connectivity index (χ0n) is 10.4. The van der Waals surface area contributed by atoms with Gasteiger partial charge in [0.1, 0.15) is 10.7 Å². The van der Waals surface area contributed by atoms with E-state index in [9.17, 15) is 0 Å². The second kappa shape index (κ2) is 5.18. The molecule has 0 aliphatic heterocycles. The Kier molecular flexibility index (Phi) is 3.62. The summed E-state index contributed by atoms with van der Waals surface area (Å²) in [6, 6.07) is 5.64. The highest BCUT2D eigenvalue weighted by molar-refractivity contribution is 7.80. The maximum absolute atomic E-state index is 5.71. The lowest BCUT2D eigenvalue weighted by molar-refractivity contribution is 0.481. The van der Waals surface area contributed by atoms with Gasteiger partial charge in [-0.05, 0) is 37.6 Å². The van der Waals surface area contributed by atoms with Crippen LogP contribution < -0.4 is 10.5 Å². The number of hydrogen-bond acceptors (Lipinski definition) is 3. The van der Waals surface area contributed by atoms with Crippen LogP contribution in [0.4, 0.5) is 0 Å². The van der Waals surface area contributed by atoms with Gasteiger partial charge in [-0.25, -0.2) is 0 Å². The monoisotopic (exact) mass is 261 g/mol. The molecule has 0 saturated heterocycles. The molecule has 0 unspecified atom stereocenters. The highest BCUT2D eigenvalue weighted by Gasteiger charge is 2.05. The molecule has 0 aliphatic rings. The number of rotatable bonds is 4. The van der Waals surface area contributed by atoms with Gasteiger partial charge in [0.15, 0.2) is 5.75 Å². The standard InChI is InChI=1S/C13H15N3OS/c1-3-16-8-11(7-15-16)17-10-4-5-12(13(14)18)9(2)6-10/h4-8H,3H2,1-2H3,(H2,14,18). The van der Waals surface area contributed by atoms with Crippen LogP contribution in [-0.4, -0.2) is 14.8 Å². The minimum Gasteiger partial charge on any atom is -0.454 e. The zero-order valence-corrected chi connectivity index (χ0v) is 11.2. The Bertz CT molecular complexity index is 577. The van der Waals surface area contributed by atoms with Crippen molar-refractivity contribution in [1.82, 2.24) is 9.78 Å². The van der Waals surface area contributed by atoms with Crippen LogP contribution in [0.25, 0.3) is 0 Å². The van der Waals surface area contributed by atoms with Crippen LogP contribution in [0.2, 0.25) is 0 Å². The molecule has 18 heavy (non-hydrogen) atoms. The normalized spacial score (nSPS) is 10.3. The summed E-state index contributed by atoms with van der Waals surface area (Å²) in [6.07, 6.45) is 3.55.